The Hall–Kier alpha value is -0.800. The van der Waals surface area contributed by atoms with Gasteiger partial charge in [-0.1, -0.05) is 0 Å². The molecule has 94 valence electrons. The molecule has 1 aliphatic heterocycles. The van der Waals surface area contributed by atoms with E-state index in [4.69, 9.17) is 9.84 Å². The van der Waals surface area contributed by atoms with Crippen molar-refractivity contribution < 1.29 is 34.3 Å². The number of hydrogen-bond acceptors (Lipinski definition) is 6. The van der Waals surface area contributed by atoms with E-state index in [2.05, 4.69) is 0 Å². The molecule has 3 unspecified atom stereocenters. The maximum Gasteiger partial charge on any atom is 0.251 e. The highest BCUT2D eigenvalue weighted by atomic mass is 19.1. The van der Waals surface area contributed by atoms with Gasteiger partial charge in [-0.05, 0) is 0 Å². The monoisotopic (exact) mass is 239 g/mol. The van der Waals surface area contributed by atoms with Crippen LogP contribution in [-0.2, 0) is 9.53 Å². The van der Waals surface area contributed by atoms with E-state index in [1.54, 1.807) is 0 Å². The summed E-state index contributed by atoms with van der Waals surface area (Å²) in [6.45, 7) is -1.91. The molecule has 1 rings (SSSR count). The summed E-state index contributed by atoms with van der Waals surface area (Å²) in [6.07, 6.45) is -5.79. The quantitative estimate of drug-likeness (QED) is 0.355. The molecule has 0 aromatic rings. The average molecular weight is 239 g/mol. The van der Waals surface area contributed by atoms with Crippen molar-refractivity contribution >= 4 is 5.91 Å². The second-order valence-electron chi connectivity index (χ2n) is 3.46. The van der Waals surface area contributed by atoms with Crippen LogP contribution in [-0.4, -0.2) is 70.3 Å². The van der Waals surface area contributed by atoms with Gasteiger partial charge in [-0.15, -0.1) is 0 Å². The number of aliphatic hydroxyl groups excluding tert-OH is 4. The molecule has 1 fully saturated rings. The molecule has 1 heterocycles. The lowest BCUT2D eigenvalue weighted by atomic mass is 9.97. The lowest BCUT2D eigenvalue weighted by Crippen LogP contribution is -2.64. The number of carbonyl (C=O) groups is 1. The SMILES string of the molecule is O=C(CF)NC1C(O)OC(CO)[C@@H](O)[C@@H]1O. The number of amides is 1. The Kier molecular flexibility index (Phi) is 4.56. The second-order valence-corrected chi connectivity index (χ2v) is 3.46. The highest BCUT2D eigenvalue weighted by Gasteiger charge is 2.44. The van der Waals surface area contributed by atoms with Crippen LogP contribution in [0.4, 0.5) is 4.39 Å². The van der Waals surface area contributed by atoms with Crippen molar-refractivity contribution in [2.45, 2.75) is 30.6 Å². The maximum atomic E-state index is 11.9. The fourth-order valence-electron chi connectivity index (χ4n) is 1.48. The number of alkyl halides is 1. The molecule has 8 heteroatoms. The topological polar surface area (TPSA) is 119 Å². The van der Waals surface area contributed by atoms with E-state index in [9.17, 15) is 24.5 Å². The van der Waals surface area contributed by atoms with Crippen LogP contribution in [0.3, 0.4) is 0 Å². The first-order valence-electron chi connectivity index (χ1n) is 4.67. The third-order valence-electron chi connectivity index (χ3n) is 2.35. The molecule has 1 amide bonds. The Balaban J connectivity index is 2.67. The number of ether oxygens (including phenoxy) is 1. The zero-order valence-corrected chi connectivity index (χ0v) is 8.28. The Bertz CT molecular complexity index is 253. The molecule has 0 aromatic heterocycles. The van der Waals surface area contributed by atoms with Gasteiger partial charge in [-0.2, -0.15) is 0 Å². The minimum atomic E-state index is -1.62. The summed E-state index contributed by atoms with van der Waals surface area (Å²) >= 11 is 0. The van der Waals surface area contributed by atoms with Crippen molar-refractivity contribution in [3.63, 3.8) is 0 Å². The van der Waals surface area contributed by atoms with E-state index in [0.717, 1.165) is 0 Å². The molecule has 0 aliphatic carbocycles. The highest BCUT2D eigenvalue weighted by molar-refractivity contribution is 5.77. The van der Waals surface area contributed by atoms with Crippen LogP contribution in [0.5, 0.6) is 0 Å². The first kappa shape index (κ1) is 13.3. The molecule has 16 heavy (non-hydrogen) atoms. The normalized spacial score (nSPS) is 39.4. The predicted molar refractivity (Wildman–Crippen MR) is 47.9 cm³/mol. The molecule has 5 atom stereocenters. The van der Waals surface area contributed by atoms with Gasteiger partial charge in [0.25, 0.3) is 5.91 Å². The number of nitrogens with one attached hydrogen (secondary N) is 1. The van der Waals surface area contributed by atoms with Crippen molar-refractivity contribution in [1.82, 2.24) is 5.32 Å². The van der Waals surface area contributed by atoms with Crippen LogP contribution in [0.2, 0.25) is 0 Å². The van der Waals surface area contributed by atoms with Crippen LogP contribution >= 0.6 is 0 Å². The molecule has 0 radical (unpaired) electrons. The minimum Gasteiger partial charge on any atom is -0.394 e. The number of halogens is 1. The molecular weight excluding hydrogens is 225 g/mol. The van der Waals surface area contributed by atoms with Crippen molar-refractivity contribution in [1.29, 1.82) is 0 Å². The largest absolute Gasteiger partial charge is 0.394 e. The Morgan fingerprint density at radius 2 is 1.94 bits per heavy atom. The van der Waals surface area contributed by atoms with Gasteiger partial charge >= 0.3 is 0 Å². The summed E-state index contributed by atoms with van der Waals surface area (Å²) < 4.78 is 16.7. The molecule has 1 saturated heterocycles. The molecule has 7 nitrogen and oxygen atoms in total. The van der Waals surface area contributed by atoms with Gasteiger partial charge in [-0.25, -0.2) is 4.39 Å². The lowest BCUT2D eigenvalue weighted by Gasteiger charge is -2.40. The highest BCUT2D eigenvalue weighted by Crippen LogP contribution is 2.19. The molecule has 5 N–H and O–H groups in total. The van der Waals surface area contributed by atoms with E-state index in [-0.39, 0.29) is 0 Å². The molecule has 0 aromatic carbocycles. The van der Waals surface area contributed by atoms with E-state index >= 15 is 0 Å². The van der Waals surface area contributed by atoms with Gasteiger partial charge in [0.2, 0.25) is 0 Å². The molecular formula is C8H14FNO6. The first-order chi connectivity index (χ1) is 7.51. The summed E-state index contributed by atoms with van der Waals surface area (Å²) in [6, 6.07) is -1.33. The van der Waals surface area contributed by atoms with E-state index in [0.29, 0.717) is 0 Å². The molecule has 0 bridgehead atoms. The van der Waals surface area contributed by atoms with Crippen LogP contribution < -0.4 is 5.32 Å². The third kappa shape index (κ3) is 2.66. The predicted octanol–water partition coefficient (Wildman–Crippen LogP) is -3.13. The standard InChI is InChI=1S/C8H14FNO6/c9-1-4(12)10-5-7(14)6(13)3(2-11)16-8(5)15/h3,5-8,11,13-15H,1-2H2,(H,10,12)/t3?,5?,6-,7-,8?/m1/s1. The van der Waals surface area contributed by atoms with Crippen LogP contribution in [0.25, 0.3) is 0 Å². The second kappa shape index (κ2) is 5.51. The smallest absolute Gasteiger partial charge is 0.251 e. The molecule has 0 spiro atoms. The fourth-order valence-corrected chi connectivity index (χ4v) is 1.48. The molecule has 0 saturated carbocycles. The van der Waals surface area contributed by atoms with Gasteiger partial charge in [-0.3, -0.25) is 4.79 Å². The van der Waals surface area contributed by atoms with Crippen LogP contribution in [0, 0.1) is 0 Å². The van der Waals surface area contributed by atoms with Gasteiger partial charge in [0.15, 0.2) is 13.0 Å². The third-order valence-corrected chi connectivity index (χ3v) is 2.35. The van der Waals surface area contributed by atoms with E-state index < -0.39 is 49.8 Å². The summed E-state index contributed by atoms with van der Waals surface area (Å²) in [4.78, 5) is 10.7. The van der Waals surface area contributed by atoms with E-state index in [1.807, 2.05) is 5.32 Å². The maximum absolute atomic E-state index is 11.9. The summed E-state index contributed by atoms with van der Waals surface area (Å²) in [5.74, 6) is -1.04. The van der Waals surface area contributed by atoms with Gasteiger partial charge < -0.3 is 30.5 Å². The van der Waals surface area contributed by atoms with Gasteiger partial charge in [0.1, 0.15) is 24.4 Å². The van der Waals surface area contributed by atoms with Gasteiger partial charge in [0.05, 0.1) is 6.61 Å². The van der Waals surface area contributed by atoms with Gasteiger partial charge in [0, 0.05) is 0 Å². The Labute approximate surface area is 90.5 Å². The van der Waals surface area contributed by atoms with Crippen molar-refractivity contribution in [3.8, 4) is 0 Å². The first-order valence-corrected chi connectivity index (χ1v) is 4.67. The van der Waals surface area contributed by atoms with E-state index in [1.165, 1.54) is 0 Å². The zero-order valence-electron chi connectivity index (χ0n) is 8.28. The Morgan fingerprint density at radius 1 is 1.31 bits per heavy atom. The van der Waals surface area contributed by atoms with Crippen LogP contribution in [0.1, 0.15) is 0 Å². The molecule has 1 aliphatic rings. The number of hydrogen-bond donors (Lipinski definition) is 5. The van der Waals surface area contributed by atoms with Crippen LogP contribution in [0.15, 0.2) is 0 Å². The zero-order chi connectivity index (χ0) is 12.3. The average Bonchev–Trinajstić information content (AvgIpc) is 2.28. The number of aliphatic hydroxyl groups is 4. The summed E-state index contributed by atoms with van der Waals surface area (Å²) in [7, 11) is 0. The summed E-state index contributed by atoms with van der Waals surface area (Å²) in [5, 5.41) is 39.0. The number of rotatable bonds is 3. The van der Waals surface area contributed by atoms with Crippen molar-refractivity contribution in [2.75, 3.05) is 13.3 Å². The minimum absolute atomic E-state index is 0.598. The van der Waals surface area contributed by atoms with Crippen molar-refractivity contribution in [2.24, 2.45) is 0 Å². The van der Waals surface area contributed by atoms with Crippen molar-refractivity contribution in [3.05, 3.63) is 0 Å². The Morgan fingerprint density at radius 3 is 2.44 bits per heavy atom. The lowest BCUT2D eigenvalue weighted by molar-refractivity contribution is -0.253. The fraction of sp³-hybridized carbons (Fsp3) is 0.875. The number of carbonyl (C=O) groups excluding carboxylic acids is 1. The summed E-state index contributed by atoms with van der Waals surface area (Å²) in [5.41, 5.74) is 0.